The molecule has 2 saturated carbocycles. The summed E-state index contributed by atoms with van der Waals surface area (Å²) in [5, 5.41) is 33.3. The van der Waals surface area contributed by atoms with Crippen LogP contribution in [0.4, 0.5) is 11.8 Å². The van der Waals surface area contributed by atoms with Crippen molar-refractivity contribution in [1.82, 2.24) is 24.5 Å². The zero-order valence-corrected chi connectivity index (χ0v) is 17.0. The third-order valence-corrected chi connectivity index (χ3v) is 7.64. The Morgan fingerprint density at radius 2 is 1.80 bits per heavy atom. The minimum Gasteiger partial charge on any atom is -0.396 e. The van der Waals surface area contributed by atoms with E-state index < -0.39 is 17.6 Å². The molecule has 0 amide bonds. The Labute approximate surface area is 174 Å². The maximum absolute atomic E-state index is 10.8. The van der Waals surface area contributed by atoms with E-state index in [1.54, 1.807) is 6.33 Å². The first-order valence-electron chi connectivity index (χ1n) is 11.1. The normalized spacial score (nSPS) is 36.0. The van der Waals surface area contributed by atoms with Gasteiger partial charge in [0, 0.05) is 31.6 Å². The summed E-state index contributed by atoms with van der Waals surface area (Å²) in [5.41, 5.74) is 4.19. The van der Waals surface area contributed by atoms with Crippen LogP contribution in [0.1, 0.15) is 38.1 Å². The topological polar surface area (TPSA) is 123 Å². The second-order valence-electron chi connectivity index (χ2n) is 9.32. The molecule has 30 heavy (non-hydrogen) atoms. The van der Waals surface area contributed by atoms with Crippen LogP contribution in [0.3, 0.4) is 0 Å². The predicted octanol–water partition coefficient (Wildman–Crippen LogP) is 0.124. The van der Waals surface area contributed by atoms with E-state index >= 15 is 0 Å². The van der Waals surface area contributed by atoms with Crippen molar-refractivity contribution < 1.29 is 15.3 Å². The van der Waals surface area contributed by atoms with E-state index in [1.165, 1.54) is 0 Å². The minimum atomic E-state index is -0.950. The van der Waals surface area contributed by atoms with E-state index in [1.807, 2.05) is 4.57 Å². The van der Waals surface area contributed by atoms with Gasteiger partial charge in [-0.25, -0.2) is 9.99 Å². The lowest BCUT2D eigenvalue weighted by Gasteiger charge is -2.24. The molecule has 162 valence electrons. The number of aromatic nitrogens is 4. The van der Waals surface area contributed by atoms with Crippen LogP contribution in [0, 0.1) is 11.3 Å². The number of hydrogen-bond donors (Lipinski definition) is 4. The fourth-order valence-corrected chi connectivity index (χ4v) is 5.79. The van der Waals surface area contributed by atoms with Crippen molar-refractivity contribution in [3.63, 3.8) is 0 Å². The van der Waals surface area contributed by atoms with Crippen LogP contribution in [-0.2, 0) is 0 Å². The Balaban J connectivity index is 1.43. The summed E-state index contributed by atoms with van der Waals surface area (Å²) >= 11 is 0. The molecule has 0 spiro atoms. The number of anilines is 2. The number of aliphatic hydroxyl groups is 3. The number of aliphatic hydroxyl groups excluding tert-OH is 3. The van der Waals surface area contributed by atoms with Crippen molar-refractivity contribution in [1.29, 1.82) is 0 Å². The van der Waals surface area contributed by atoms with Gasteiger partial charge in [-0.15, -0.1) is 0 Å². The van der Waals surface area contributed by atoms with Crippen molar-refractivity contribution in [2.24, 2.45) is 11.3 Å². The highest BCUT2D eigenvalue weighted by Gasteiger charge is 2.71. The molecular weight excluding hydrogens is 386 g/mol. The fourth-order valence-electron chi connectivity index (χ4n) is 5.79. The molecule has 0 bridgehead atoms. The third-order valence-electron chi connectivity index (χ3n) is 7.64. The predicted molar refractivity (Wildman–Crippen MR) is 110 cm³/mol. The first-order valence-corrected chi connectivity index (χ1v) is 11.1. The molecule has 0 aromatic carbocycles. The number of hydrogen-bond acceptors (Lipinski definition) is 9. The maximum atomic E-state index is 10.8. The minimum absolute atomic E-state index is 0.0186. The molecule has 2 aliphatic carbocycles. The first kappa shape index (κ1) is 18.7. The number of nitrogens with one attached hydrogen (secondary N) is 1. The van der Waals surface area contributed by atoms with Crippen molar-refractivity contribution in [2.75, 3.05) is 43.1 Å². The summed E-state index contributed by atoms with van der Waals surface area (Å²) in [6.45, 7) is 3.70. The van der Waals surface area contributed by atoms with Crippen molar-refractivity contribution in [2.45, 2.75) is 50.4 Å². The Kier molecular flexibility index (Phi) is 4.21. The molecule has 0 unspecified atom stereocenters. The summed E-state index contributed by atoms with van der Waals surface area (Å²) in [6, 6.07) is -0.349. The number of fused-ring (bicyclic) bond motifs is 2. The van der Waals surface area contributed by atoms with E-state index in [4.69, 9.17) is 9.97 Å². The van der Waals surface area contributed by atoms with Gasteiger partial charge in [0.05, 0.1) is 25.1 Å². The second kappa shape index (κ2) is 6.74. The molecule has 2 aliphatic heterocycles. The summed E-state index contributed by atoms with van der Waals surface area (Å²) < 4.78 is 1.90. The van der Waals surface area contributed by atoms with Crippen LogP contribution in [0.5, 0.6) is 0 Å². The van der Waals surface area contributed by atoms with Crippen molar-refractivity contribution >= 4 is 22.9 Å². The quantitative estimate of drug-likeness (QED) is 0.539. The lowest BCUT2D eigenvalue weighted by molar-refractivity contribution is -0.0300. The monoisotopic (exact) mass is 415 g/mol. The highest BCUT2D eigenvalue weighted by atomic mass is 16.3. The number of imidazole rings is 1. The molecule has 2 aromatic heterocycles. The van der Waals surface area contributed by atoms with Gasteiger partial charge < -0.3 is 30.2 Å². The number of rotatable bonds is 5. The van der Waals surface area contributed by atoms with Gasteiger partial charge in [-0.2, -0.15) is 9.97 Å². The highest BCUT2D eigenvalue weighted by molar-refractivity contribution is 5.84. The van der Waals surface area contributed by atoms with Gasteiger partial charge >= 0.3 is 0 Å². The van der Waals surface area contributed by atoms with E-state index in [0.717, 1.165) is 51.9 Å². The molecule has 6 rings (SSSR count). The summed E-state index contributed by atoms with van der Waals surface area (Å²) in [6.07, 6.45) is 5.10. The average Bonchev–Trinajstić information content (AvgIpc) is 3.28. The van der Waals surface area contributed by atoms with Crippen molar-refractivity contribution in [3.8, 4) is 0 Å². The van der Waals surface area contributed by atoms with E-state index in [2.05, 4.69) is 20.3 Å². The standard InChI is InChI=1S/C20H29N7O3/c28-10-20-9-12(20)14(15(29)16(20)30)27-11-21-13-17(24-26-7-3-4-8-26)22-19(23-18(13)27)25-5-1-2-6-25/h11-12,14-16,28-30H,1-10H2,(H,22,23,24)/t12-,14-,15+,16+,20+/m1/s1. The van der Waals surface area contributed by atoms with Crippen LogP contribution in [0.15, 0.2) is 6.33 Å². The van der Waals surface area contributed by atoms with Gasteiger partial charge in [0.1, 0.15) is 6.10 Å². The SMILES string of the molecule is OC[C@@]12C[C@@H]1[C@@H](n1cnc3c(NN4CCCC4)nc(N4CCCC4)nc31)[C@H](O)[C@@H]2O. The van der Waals surface area contributed by atoms with Crippen LogP contribution in [0.25, 0.3) is 11.2 Å². The van der Waals surface area contributed by atoms with Gasteiger partial charge in [0.25, 0.3) is 0 Å². The van der Waals surface area contributed by atoms with Crippen LogP contribution >= 0.6 is 0 Å². The first-order chi connectivity index (χ1) is 14.6. The largest absolute Gasteiger partial charge is 0.396 e. The Morgan fingerprint density at radius 3 is 2.50 bits per heavy atom. The molecule has 4 aliphatic rings. The molecule has 4 N–H and O–H groups in total. The second-order valence-corrected chi connectivity index (χ2v) is 9.32. The Bertz CT molecular complexity index is 955. The van der Waals surface area contributed by atoms with Crippen molar-refractivity contribution in [3.05, 3.63) is 6.33 Å². The lowest BCUT2D eigenvalue weighted by Crippen LogP contribution is -2.35. The van der Waals surface area contributed by atoms with Gasteiger partial charge in [-0.3, -0.25) is 0 Å². The van der Waals surface area contributed by atoms with Gasteiger partial charge in [-0.05, 0) is 38.0 Å². The fraction of sp³-hybridized carbons (Fsp3) is 0.750. The zero-order valence-electron chi connectivity index (χ0n) is 17.0. The molecule has 10 heteroatoms. The van der Waals surface area contributed by atoms with E-state index in [9.17, 15) is 15.3 Å². The van der Waals surface area contributed by atoms with Crippen LogP contribution in [-0.4, -0.2) is 84.8 Å². The van der Waals surface area contributed by atoms with Crippen LogP contribution in [0.2, 0.25) is 0 Å². The molecule has 5 atom stereocenters. The molecule has 2 aromatic rings. The summed E-state index contributed by atoms with van der Waals surface area (Å²) in [4.78, 5) is 16.5. The third kappa shape index (κ3) is 2.60. The van der Waals surface area contributed by atoms with Crippen LogP contribution < -0.4 is 10.3 Å². The molecule has 10 nitrogen and oxygen atoms in total. The molecule has 4 heterocycles. The maximum Gasteiger partial charge on any atom is 0.229 e. The summed E-state index contributed by atoms with van der Waals surface area (Å²) in [5.74, 6) is 1.39. The molecule has 4 fully saturated rings. The van der Waals surface area contributed by atoms with Gasteiger partial charge in [-0.1, -0.05) is 0 Å². The molecular formula is C20H29N7O3. The Morgan fingerprint density at radius 1 is 1.07 bits per heavy atom. The molecule has 2 saturated heterocycles. The zero-order chi connectivity index (χ0) is 20.5. The summed E-state index contributed by atoms with van der Waals surface area (Å²) in [7, 11) is 0. The van der Waals surface area contributed by atoms with Gasteiger partial charge in [0.2, 0.25) is 5.95 Å². The number of nitrogens with zero attached hydrogens (tertiary/aromatic N) is 6. The Hall–Kier alpha value is -2.01. The number of hydrazine groups is 1. The van der Waals surface area contributed by atoms with Gasteiger partial charge in [0.15, 0.2) is 17.0 Å². The highest BCUT2D eigenvalue weighted by Crippen LogP contribution is 2.67. The molecule has 0 radical (unpaired) electrons. The smallest absolute Gasteiger partial charge is 0.229 e. The lowest BCUT2D eigenvalue weighted by atomic mass is 10.0. The van der Waals surface area contributed by atoms with E-state index in [-0.39, 0.29) is 18.6 Å². The van der Waals surface area contributed by atoms with E-state index in [0.29, 0.717) is 29.4 Å². The average molecular weight is 415 g/mol.